The lowest BCUT2D eigenvalue weighted by molar-refractivity contribution is 0.0664. The molecule has 1 aromatic heterocycles. The summed E-state index contributed by atoms with van der Waals surface area (Å²) in [6, 6.07) is 0. The quantitative estimate of drug-likeness (QED) is 0.801. The molecule has 0 bridgehead atoms. The van der Waals surface area contributed by atoms with Crippen molar-refractivity contribution in [2.75, 3.05) is 26.2 Å². The van der Waals surface area contributed by atoms with Gasteiger partial charge in [-0.15, -0.1) is 0 Å². The van der Waals surface area contributed by atoms with Gasteiger partial charge in [-0.2, -0.15) is 0 Å². The summed E-state index contributed by atoms with van der Waals surface area (Å²) < 4.78 is 2.05. The molecule has 2 fully saturated rings. The van der Waals surface area contributed by atoms with Gasteiger partial charge in [0.25, 0.3) is 11.8 Å². The van der Waals surface area contributed by atoms with Crippen LogP contribution in [0.3, 0.4) is 0 Å². The molecule has 4 heterocycles. The molecular formula is C21H32N4O2. The number of rotatable bonds is 2. The molecule has 6 nitrogen and oxygen atoms in total. The van der Waals surface area contributed by atoms with Gasteiger partial charge in [-0.05, 0) is 50.9 Å². The average molecular weight is 373 g/mol. The molecule has 2 saturated heterocycles. The maximum atomic E-state index is 13.2. The number of fused-ring (bicyclic) bond motifs is 1. The lowest BCUT2D eigenvalue weighted by Gasteiger charge is -2.31. The predicted octanol–water partition coefficient (Wildman–Crippen LogP) is 3.11. The van der Waals surface area contributed by atoms with Crippen molar-refractivity contribution in [3.63, 3.8) is 0 Å². The summed E-state index contributed by atoms with van der Waals surface area (Å²) in [6.07, 6.45) is 9.74. The van der Waals surface area contributed by atoms with E-state index in [1.165, 1.54) is 19.3 Å². The molecule has 3 aliphatic rings. The van der Waals surface area contributed by atoms with Gasteiger partial charge in [0.2, 0.25) is 0 Å². The smallest absolute Gasteiger partial charge is 0.289 e. The van der Waals surface area contributed by atoms with Crippen molar-refractivity contribution in [3.05, 3.63) is 17.2 Å². The summed E-state index contributed by atoms with van der Waals surface area (Å²) in [5, 5.41) is 0. The third kappa shape index (κ3) is 3.76. The Bertz CT molecular complexity index is 665. The topological polar surface area (TPSA) is 58.4 Å². The molecule has 1 atom stereocenters. The van der Waals surface area contributed by atoms with Crippen molar-refractivity contribution < 1.29 is 9.59 Å². The standard InChI is InChI=1S/C21H32N4O2/c1-16-9-8-13-24(15-16)21(27)19-22-18(17-10-4-7-14-25(17)19)20(26)23-11-5-2-3-6-12-23/h16H,2-15H2,1H3. The highest BCUT2D eigenvalue weighted by Gasteiger charge is 2.32. The number of likely N-dealkylation sites (tertiary alicyclic amines) is 2. The molecule has 6 heteroatoms. The first-order chi connectivity index (χ1) is 13.1. The molecule has 4 rings (SSSR count). The van der Waals surface area contributed by atoms with Gasteiger partial charge in [-0.1, -0.05) is 19.8 Å². The molecule has 0 aromatic carbocycles. The molecule has 0 saturated carbocycles. The maximum Gasteiger partial charge on any atom is 0.289 e. The second-order valence-electron chi connectivity index (χ2n) is 8.54. The molecule has 27 heavy (non-hydrogen) atoms. The summed E-state index contributed by atoms with van der Waals surface area (Å²) in [5.41, 5.74) is 1.54. The Hall–Kier alpha value is -1.85. The Morgan fingerprint density at radius 1 is 0.852 bits per heavy atom. The zero-order chi connectivity index (χ0) is 18.8. The van der Waals surface area contributed by atoms with E-state index in [4.69, 9.17) is 0 Å². The van der Waals surface area contributed by atoms with Gasteiger partial charge in [0, 0.05) is 32.7 Å². The summed E-state index contributed by atoms with van der Waals surface area (Å²) in [6.45, 7) is 6.25. The number of imidazole rings is 1. The first-order valence-corrected chi connectivity index (χ1v) is 10.8. The third-order valence-corrected chi connectivity index (χ3v) is 6.35. The van der Waals surface area contributed by atoms with E-state index in [2.05, 4.69) is 16.5 Å². The Morgan fingerprint density at radius 3 is 2.30 bits per heavy atom. The highest BCUT2D eigenvalue weighted by atomic mass is 16.2. The molecule has 3 aliphatic heterocycles. The second kappa shape index (κ2) is 8.03. The minimum atomic E-state index is 0.0135. The van der Waals surface area contributed by atoms with E-state index in [0.29, 0.717) is 17.4 Å². The van der Waals surface area contributed by atoms with Crippen LogP contribution >= 0.6 is 0 Å². The van der Waals surface area contributed by atoms with E-state index in [0.717, 1.165) is 76.9 Å². The van der Waals surface area contributed by atoms with E-state index in [9.17, 15) is 9.59 Å². The van der Waals surface area contributed by atoms with Crippen molar-refractivity contribution in [1.82, 2.24) is 19.4 Å². The van der Waals surface area contributed by atoms with Crippen LogP contribution in [0.25, 0.3) is 0 Å². The minimum absolute atomic E-state index is 0.0135. The van der Waals surface area contributed by atoms with Gasteiger partial charge in [0.1, 0.15) is 5.69 Å². The van der Waals surface area contributed by atoms with E-state index in [1.807, 2.05) is 9.80 Å². The summed E-state index contributed by atoms with van der Waals surface area (Å²) in [7, 11) is 0. The summed E-state index contributed by atoms with van der Waals surface area (Å²) >= 11 is 0. The summed E-state index contributed by atoms with van der Waals surface area (Å²) in [5.74, 6) is 1.09. The molecule has 0 N–H and O–H groups in total. The SMILES string of the molecule is CC1CCCN(C(=O)c2nc(C(=O)N3CCCCCC3)c3n2CCCC3)C1. The van der Waals surface area contributed by atoms with E-state index in [-0.39, 0.29) is 11.8 Å². The lowest BCUT2D eigenvalue weighted by Crippen LogP contribution is -2.40. The Labute approximate surface area is 161 Å². The number of hydrogen-bond acceptors (Lipinski definition) is 3. The second-order valence-corrected chi connectivity index (χ2v) is 8.54. The molecular weight excluding hydrogens is 340 g/mol. The first-order valence-electron chi connectivity index (χ1n) is 10.8. The lowest BCUT2D eigenvalue weighted by atomic mass is 10.0. The van der Waals surface area contributed by atoms with Crippen LogP contribution in [-0.4, -0.2) is 57.3 Å². The average Bonchev–Trinajstić information content (AvgIpc) is 2.86. The van der Waals surface area contributed by atoms with Gasteiger partial charge < -0.3 is 14.4 Å². The van der Waals surface area contributed by atoms with Gasteiger partial charge in [0.05, 0.1) is 5.69 Å². The van der Waals surface area contributed by atoms with Crippen LogP contribution in [-0.2, 0) is 13.0 Å². The van der Waals surface area contributed by atoms with Crippen LogP contribution in [0.1, 0.15) is 85.1 Å². The van der Waals surface area contributed by atoms with Gasteiger partial charge >= 0.3 is 0 Å². The third-order valence-electron chi connectivity index (χ3n) is 6.35. The number of piperidine rings is 1. The predicted molar refractivity (Wildman–Crippen MR) is 104 cm³/mol. The number of carbonyl (C=O) groups is 2. The molecule has 148 valence electrons. The first kappa shape index (κ1) is 18.5. The molecule has 0 radical (unpaired) electrons. The fourth-order valence-electron chi connectivity index (χ4n) is 4.82. The monoisotopic (exact) mass is 372 g/mol. The normalized spacial score (nSPS) is 23.7. The van der Waals surface area contributed by atoms with Crippen LogP contribution in [0.4, 0.5) is 0 Å². The number of carbonyl (C=O) groups excluding carboxylic acids is 2. The zero-order valence-electron chi connectivity index (χ0n) is 16.6. The number of nitrogens with zero attached hydrogens (tertiary/aromatic N) is 4. The molecule has 0 aliphatic carbocycles. The van der Waals surface area contributed by atoms with Crippen molar-refractivity contribution in [1.29, 1.82) is 0 Å². The van der Waals surface area contributed by atoms with Crippen molar-refractivity contribution >= 4 is 11.8 Å². The summed E-state index contributed by atoms with van der Waals surface area (Å²) in [4.78, 5) is 35.0. The van der Waals surface area contributed by atoms with Gasteiger partial charge in [0.15, 0.2) is 5.82 Å². The van der Waals surface area contributed by atoms with Gasteiger partial charge in [-0.25, -0.2) is 4.98 Å². The largest absolute Gasteiger partial charge is 0.337 e. The fraction of sp³-hybridized carbons (Fsp3) is 0.762. The van der Waals surface area contributed by atoms with Crippen LogP contribution in [0, 0.1) is 5.92 Å². The Balaban J connectivity index is 1.63. The zero-order valence-corrected chi connectivity index (χ0v) is 16.6. The van der Waals surface area contributed by atoms with Crippen molar-refractivity contribution in [3.8, 4) is 0 Å². The molecule has 2 amide bonds. The van der Waals surface area contributed by atoms with Crippen LogP contribution in [0.5, 0.6) is 0 Å². The molecule has 1 unspecified atom stereocenters. The minimum Gasteiger partial charge on any atom is -0.337 e. The van der Waals surface area contributed by atoms with E-state index < -0.39 is 0 Å². The van der Waals surface area contributed by atoms with Crippen LogP contribution in [0.15, 0.2) is 0 Å². The number of amides is 2. The molecule has 0 spiro atoms. The van der Waals surface area contributed by atoms with Crippen LogP contribution in [0.2, 0.25) is 0 Å². The van der Waals surface area contributed by atoms with Crippen molar-refractivity contribution in [2.45, 2.75) is 71.3 Å². The van der Waals surface area contributed by atoms with Crippen molar-refractivity contribution in [2.24, 2.45) is 5.92 Å². The highest BCUT2D eigenvalue weighted by molar-refractivity contribution is 5.97. The highest BCUT2D eigenvalue weighted by Crippen LogP contribution is 2.25. The number of aromatic nitrogens is 2. The maximum absolute atomic E-state index is 13.2. The van der Waals surface area contributed by atoms with Crippen LogP contribution < -0.4 is 0 Å². The Kier molecular flexibility index (Phi) is 5.50. The Morgan fingerprint density at radius 2 is 1.56 bits per heavy atom. The molecule has 1 aromatic rings. The van der Waals surface area contributed by atoms with E-state index >= 15 is 0 Å². The van der Waals surface area contributed by atoms with E-state index in [1.54, 1.807) is 0 Å². The van der Waals surface area contributed by atoms with Gasteiger partial charge in [-0.3, -0.25) is 9.59 Å². The fourth-order valence-corrected chi connectivity index (χ4v) is 4.82. The number of hydrogen-bond donors (Lipinski definition) is 0.